The van der Waals surface area contributed by atoms with Gasteiger partial charge in [-0.25, -0.2) is 8.42 Å². The molecule has 2 rings (SSSR count). The molecule has 2 heterocycles. The van der Waals surface area contributed by atoms with Crippen molar-refractivity contribution in [2.24, 2.45) is 5.73 Å². The summed E-state index contributed by atoms with van der Waals surface area (Å²) in [6.45, 7) is 7.64. The van der Waals surface area contributed by atoms with E-state index in [-0.39, 0.29) is 0 Å². The predicted octanol–water partition coefficient (Wildman–Crippen LogP) is -0.318. The molecule has 1 aliphatic rings. The van der Waals surface area contributed by atoms with E-state index < -0.39 is 10.0 Å². The standard InChI is InChI=1S/C12H23N5O2S/c1-10-12(11(2)15-14-10)20(18,19)17-8-6-16(7-9-17)5-3-4-13/h3-9,13H2,1-2H3,(H,14,15). The van der Waals surface area contributed by atoms with Crippen LogP contribution < -0.4 is 5.73 Å². The summed E-state index contributed by atoms with van der Waals surface area (Å²) in [7, 11) is -3.44. The Hall–Kier alpha value is -0.960. The van der Waals surface area contributed by atoms with Gasteiger partial charge in [-0.1, -0.05) is 0 Å². The van der Waals surface area contributed by atoms with Crippen molar-refractivity contribution in [3.05, 3.63) is 11.4 Å². The van der Waals surface area contributed by atoms with Gasteiger partial charge >= 0.3 is 0 Å². The normalized spacial score (nSPS) is 18.6. The number of nitrogens with one attached hydrogen (secondary N) is 1. The number of hydrogen-bond donors (Lipinski definition) is 2. The van der Waals surface area contributed by atoms with E-state index in [1.54, 1.807) is 18.2 Å². The van der Waals surface area contributed by atoms with Crippen LogP contribution in [0.2, 0.25) is 0 Å². The quantitative estimate of drug-likeness (QED) is 0.777. The molecular weight excluding hydrogens is 278 g/mol. The molecule has 0 aliphatic carbocycles. The van der Waals surface area contributed by atoms with Crippen LogP contribution >= 0.6 is 0 Å². The minimum absolute atomic E-state index is 0.327. The lowest BCUT2D eigenvalue weighted by Crippen LogP contribution is -2.49. The number of rotatable bonds is 5. The van der Waals surface area contributed by atoms with Crippen molar-refractivity contribution in [2.45, 2.75) is 25.2 Å². The van der Waals surface area contributed by atoms with Crippen LogP contribution in [0.1, 0.15) is 17.8 Å². The second-order valence-electron chi connectivity index (χ2n) is 5.15. The van der Waals surface area contributed by atoms with Crippen LogP contribution in [-0.2, 0) is 10.0 Å². The summed E-state index contributed by atoms with van der Waals surface area (Å²) in [6.07, 6.45) is 0.951. The third-order valence-electron chi connectivity index (χ3n) is 3.67. The van der Waals surface area contributed by atoms with Gasteiger partial charge in [0, 0.05) is 26.2 Å². The van der Waals surface area contributed by atoms with Crippen molar-refractivity contribution in [3.8, 4) is 0 Å². The average Bonchev–Trinajstić information content (AvgIpc) is 2.77. The van der Waals surface area contributed by atoms with E-state index in [2.05, 4.69) is 15.1 Å². The molecule has 1 aromatic heterocycles. The van der Waals surface area contributed by atoms with Gasteiger partial charge in [0.05, 0.1) is 11.4 Å². The van der Waals surface area contributed by atoms with E-state index in [0.717, 1.165) is 26.1 Å². The SMILES string of the molecule is Cc1n[nH]c(C)c1S(=O)(=O)N1CCN(CCCN)CC1. The second kappa shape index (κ2) is 6.21. The van der Waals surface area contributed by atoms with Crippen LogP contribution in [0.25, 0.3) is 0 Å². The van der Waals surface area contributed by atoms with E-state index >= 15 is 0 Å². The summed E-state index contributed by atoms with van der Waals surface area (Å²) in [6, 6.07) is 0. The van der Waals surface area contributed by atoms with E-state index in [4.69, 9.17) is 5.73 Å². The highest BCUT2D eigenvalue weighted by molar-refractivity contribution is 7.89. The predicted molar refractivity (Wildman–Crippen MR) is 76.9 cm³/mol. The number of piperazine rings is 1. The molecule has 0 aromatic carbocycles. The molecule has 7 nitrogen and oxygen atoms in total. The van der Waals surface area contributed by atoms with Gasteiger partial charge in [0.15, 0.2) is 0 Å². The lowest BCUT2D eigenvalue weighted by Gasteiger charge is -2.33. The van der Waals surface area contributed by atoms with Crippen molar-refractivity contribution in [3.63, 3.8) is 0 Å². The highest BCUT2D eigenvalue weighted by Crippen LogP contribution is 2.22. The number of aromatic amines is 1. The fraction of sp³-hybridized carbons (Fsp3) is 0.750. The summed E-state index contributed by atoms with van der Waals surface area (Å²) >= 11 is 0. The molecular formula is C12H23N5O2S. The van der Waals surface area contributed by atoms with Crippen molar-refractivity contribution in [2.75, 3.05) is 39.3 Å². The molecule has 20 heavy (non-hydrogen) atoms. The molecule has 0 amide bonds. The molecule has 1 fully saturated rings. The van der Waals surface area contributed by atoms with Gasteiger partial charge < -0.3 is 10.6 Å². The first-order valence-corrected chi connectivity index (χ1v) is 8.35. The Balaban J connectivity index is 2.06. The van der Waals surface area contributed by atoms with Crippen molar-refractivity contribution < 1.29 is 8.42 Å². The Morgan fingerprint density at radius 2 is 1.90 bits per heavy atom. The number of nitrogens with zero attached hydrogens (tertiary/aromatic N) is 3. The number of hydrogen-bond acceptors (Lipinski definition) is 5. The van der Waals surface area contributed by atoms with Crippen molar-refractivity contribution >= 4 is 10.0 Å². The Labute approximate surface area is 120 Å². The highest BCUT2D eigenvalue weighted by atomic mass is 32.2. The maximum absolute atomic E-state index is 12.6. The Morgan fingerprint density at radius 1 is 1.25 bits per heavy atom. The molecule has 0 unspecified atom stereocenters. The van der Waals surface area contributed by atoms with E-state index in [0.29, 0.717) is 35.9 Å². The molecule has 0 saturated carbocycles. The first-order chi connectivity index (χ1) is 9.46. The Kier molecular flexibility index (Phi) is 4.79. The second-order valence-corrected chi connectivity index (χ2v) is 7.03. The van der Waals surface area contributed by atoms with E-state index in [1.807, 2.05) is 0 Å². The Bertz CT molecular complexity index is 527. The zero-order valence-electron chi connectivity index (χ0n) is 12.1. The zero-order chi connectivity index (χ0) is 14.8. The van der Waals surface area contributed by atoms with Crippen LogP contribution in [0.15, 0.2) is 4.90 Å². The van der Waals surface area contributed by atoms with Crippen molar-refractivity contribution in [1.82, 2.24) is 19.4 Å². The third-order valence-corrected chi connectivity index (χ3v) is 5.83. The lowest BCUT2D eigenvalue weighted by molar-refractivity contribution is 0.187. The van der Waals surface area contributed by atoms with Gasteiger partial charge in [-0.05, 0) is 33.4 Å². The number of H-pyrrole nitrogens is 1. The van der Waals surface area contributed by atoms with Crippen LogP contribution in [-0.4, -0.2) is 67.1 Å². The number of sulfonamides is 1. The number of aryl methyl sites for hydroxylation is 2. The molecule has 1 aromatic rings. The smallest absolute Gasteiger partial charge is 0.246 e. The minimum atomic E-state index is -3.44. The third kappa shape index (κ3) is 3.03. The fourth-order valence-electron chi connectivity index (χ4n) is 2.56. The molecule has 0 bridgehead atoms. The van der Waals surface area contributed by atoms with Crippen LogP contribution in [0.5, 0.6) is 0 Å². The largest absolute Gasteiger partial charge is 0.330 e. The summed E-state index contributed by atoms with van der Waals surface area (Å²) < 4.78 is 26.8. The van der Waals surface area contributed by atoms with Gasteiger partial charge in [-0.15, -0.1) is 0 Å². The minimum Gasteiger partial charge on any atom is -0.330 e. The maximum atomic E-state index is 12.6. The molecule has 0 spiro atoms. The van der Waals surface area contributed by atoms with Gasteiger partial charge in [-0.2, -0.15) is 9.40 Å². The van der Waals surface area contributed by atoms with Gasteiger partial charge in [0.25, 0.3) is 0 Å². The van der Waals surface area contributed by atoms with E-state index in [9.17, 15) is 8.42 Å². The Morgan fingerprint density at radius 3 is 2.40 bits per heavy atom. The summed E-state index contributed by atoms with van der Waals surface area (Å²) in [4.78, 5) is 2.58. The summed E-state index contributed by atoms with van der Waals surface area (Å²) in [5.41, 5.74) is 6.64. The van der Waals surface area contributed by atoms with E-state index in [1.165, 1.54) is 0 Å². The highest BCUT2D eigenvalue weighted by Gasteiger charge is 2.31. The van der Waals surface area contributed by atoms with Gasteiger partial charge in [0.1, 0.15) is 4.90 Å². The first-order valence-electron chi connectivity index (χ1n) is 6.91. The number of aromatic nitrogens is 2. The van der Waals surface area contributed by atoms with Gasteiger partial charge in [-0.3, -0.25) is 5.10 Å². The number of nitrogens with two attached hydrogens (primary N) is 1. The van der Waals surface area contributed by atoms with Crippen LogP contribution in [0.4, 0.5) is 0 Å². The molecule has 0 radical (unpaired) electrons. The molecule has 114 valence electrons. The maximum Gasteiger partial charge on any atom is 0.246 e. The monoisotopic (exact) mass is 301 g/mol. The summed E-state index contributed by atoms with van der Waals surface area (Å²) in [5, 5.41) is 6.72. The molecule has 3 N–H and O–H groups in total. The molecule has 0 atom stereocenters. The molecule has 8 heteroatoms. The molecule has 1 aliphatic heterocycles. The van der Waals surface area contributed by atoms with Crippen LogP contribution in [0, 0.1) is 13.8 Å². The topological polar surface area (TPSA) is 95.3 Å². The van der Waals surface area contributed by atoms with Gasteiger partial charge in [0.2, 0.25) is 10.0 Å². The lowest BCUT2D eigenvalue weighted by atomic mass is 10.3. The zero-order valence-corrected chi connectivity index (χ0v) is 12.9. The first kappa shape index (κ1) is 15.4. The fourth-order valence-corrected chi connectivity index (χ4v) is 4.31. The van der Waals surface area contributed by atoms with Crippen LogP contribution in [0.3, 0.4) is 0 Å². The molecule has 1 saturated heterocycles. The average molecular weight is 301 g/mol. The summed E-state index contributed by atoms with van der Waals surface area (Å²) in [5.74, 6) is 0. The van der Waals surface area contributed by atoms with Crippen molar-refractivity contribution in [1.29, 1.82) is 0 Å².